The van der Waals surface area contributed by atoms with Gasteiger partial charge in [-0.2, -0.15) is 0 Å². The molecule has 0 bridgehead atoms. The molecule has 150 valence electrons. The first kappa shape index (κ1) is 23.3. The van der Waals surface area contributed by atoms with E-state index in [9.17, 15) is 0 Å². The molecule has 27 heavy (non-hydrogen) atoms. The standard InChI is InChI=1S/C18H27N5O2S.HI/c1-12(15-9-14(24-5)7-8-16(15)25-6)21-17(19-2)20-10-13-11-26-18(22-13)23(3)4;/h7-9,11-12H,10H2,1-6H3,(H2,19,20,21);1H. The molecule has 0 saturated heterocycles. The van der Waals surface area contributed by atoms with Crippen LogP contribution < -0.4 is 25.0 Å². The van der Waals surface area contributed by atoms with E-state index in [1.54, 1.807) is 32.6 Å². The number of thiazole rings is 1. The number of aliphatic imine (C=N–C) groups is 1. The SMILES string of the molecule is CN=C(NCc1csc(N(C)C)n1)NC(C)c1cc(OC)ccc1OC.I. The number of hydrogen-bond donors (Lipinski definition) is 2. The molecular formula is C18H28IN5O2S. The monoisotopic (exact) mass is 505 g/mol. The molecule has 0 aliphatic heterocycles. The van der Waals surface area contributed by atoms with Crippen LogP contribution in [0.4, 0.5) is 5.13 Å². The van der Waals surface area contributed by atoms with Gasteiger partial charge in [-0.25, -0.2) is 4.98 Å². The third kappa shape index (κ3) is 6.42. The van der Waals surface area contributed by atoms with Crippen molar-refractivity contribution >= 4 is 46.4 Å². The number of guanidine groups is 1. The molecule has 1 unspecified atom stereocenters. The van der Waals surface area contributed by atoms with Gasteiger partial charge in [-0.1, -0.05) is 0 Å². The number of methoxy groups -OCH3 is 2. The van der Waals surface area contributed by atoms with Crippen molar-refractivity contribution in [3.63, 3.8) is 0 Å². The number of benzene rings is 1. The van der Waals surface area contributed by atoms with Crippen molar-refractivity contribution in [3.05, 3.63) is 34.8 Å². The summed E-state index contributed by atoms with van der Waals surface area (Å²) in [6.45, 7) is 2.66. The smallest absolute Gasteiger partial charge is 0.191 e. The Morgan fingerprint density at radius 3 is 2.59 bits per heavy atom. The van der Waals surface area contributed by atoms with Crippen LogP contribution in [0.2, 0.25) is 0 Å². The normalized spacial score (nSPS) is 12.0. The van der Waals surface area contributed by atoms with E-state index in [0.29, 0.717) is 12.5 Å². The Labute approximate surface area is 182 Å². The number of aromatic nitrogens is 1. The van der Waals surface area contributed by atoms with Crippen molar-refractivity contribution in [2.45, 2.75) is 19.5 Å². The molecule has 1 aromatic heterocycles. The summed E-state index contributed by atoms with van der Waals surface area (Å²) in [7, 11) is 9.03. The average Bonchev–Trinajstić information content (AvgIpc) is 3.13. The van der Waals surface area contributed by atoms with Crippen LogP contribution in [0, 0.1) is 0 Å². The highest BCUT2D eigenvalue weighted by Gasteiger charge is 2.14. The summed E-state index contributed by atoms with van der Waals surface area (Å²) >= 11 is 1.62. The maximum atomic E-state index is 5.47. The molecule has 2 rings (SSSR count). The molecule has 7 nitrogen and oxygen atoms in total. The fourth-order valence-corrected chi connectivity index (χ4v) is 3.17. The highest BCUT2D eigenvalue weighted by molar-refractivity contribution is 14.0. The van der Waals surface area contributed by atoms with E-state index in [4.69, 9.17) is 9.47 Å². The molecule has 1 aromatic carbocycles. The third-order valence-electron chi connectivity index (χ3n) is 3.84. The number of nitrogens with zero attached hydrogens (tertiary/aromatic N) is 3. The molecule has 0 spiro atoms. The van der Waals surface area contributed by atoms with Crippen LogP contribution in [0.3, 0.4) is 0 Å². The van der Waals surface area contributed by atoms with Gasteiger partial charge in [0.05, 0.1) is 32.5 Å². The lowest BCUT2D eigenvalue weighted by Gasteiger charge is -2.20. The van der Waals surface area contributed by atoms with Crippen molar-refractivity contribution in [1.82, 2.24) is 15.6 Å². The fourth-order valence-electron chi connectivity index (χ4n) is 2.41. The fraction of sp³-hybridized carbons (Fsp3) is 0.444. The van der Waals surface area contributed by atoms with E-state index < -0.39 is 0 Å². The van der Waals surface area contributed by atoms with Crippen LogP contribution >= 0.6 is 35.3 Å². The number of nitrogens with one attached hydrogen (secondary N) is 2. The van der Waals surface area contributed by atoms with Gasteiger partial charge in [0.15, 0.2) is 11.1 Å². The van der Waals surface area contributed by atoms with Crippen LogP contribution in [0.1, 0.15) is 24.2 Å². The number of ether oxygens (including phenoxy) is 2. The highest BCUT2D eigenvalue weighted by Crippen LogP contribution is 2.29. The summed E-state index contributed by atoms with van der Waals surface area (Å²) in [5, 5.41) is 9.71. The molecule has 2 N–H and O–H groups in total. The Hall–Kier alpha value is -1.75. The summed E-state index contributed by atoms with van der Waals surface area (Å²) in [6, 6.07) is 5.74. The van der Waals surface area contributed by atoms with Crippen molar-refractivity contribution in [3.8, 4) is 11.5 Å². The molecule has 1 heterocycles. The van der Waals surface area contributed by atoms with E-state index in [1.807, 2.05) is 42.6 Å². The topological polar surface area (TPSA) is 71.0 Å². The van der Waals surface area contributed by atoms with Crippen LogP contribution in [0.25, 0.3) is 0 Å². The molecule has 1 atom stereocenters. The van der Waals surface area contributed by atoms with E-state index in [2.05, 4.69) is 27.5 Å². The largest absolute Gasteiger partial charge is 0.497 e. The van der Waals surface area contributed by atoms with E-state index >= 15 is 0 Å². The second-order valence-electron chi connectivity index (χ2n) is 5.92. The maximum absolute atomic E-state index is 5.47. The van der Waals surface area contributed by atoms with Crippen LogP contribution in [-0.2, 0) is 6.54 Å². The predicted octanol–water partition coefficient (Wildman–Crippen LogP) is 3.27. The Balaban J connectivity index is 0.00000364. The summed E-state index contributed by atoms with van der Waals surface area (Å²) in [5.74, 6) is 2.29. The Morgan fingerprint density at radius 1 is 1.30 bits per heavy atom. The third-order valence-corrected chi connectivity index (χ3v) is 4.90. The van der Waals surface area contributed by atoms with E-state index in [0.717, 1.165) is 27.9 Å². The molecule has 0 aliphatic rings. The maximum Gasteiger partial charge on any atom is 0.191 e. The molecule has 2 aromatic rings. The second kappa shape index (κ2) is 11.2. The van der Waals surface area contributed by atoms with Gasteiger partial charge < -0.3 is 25.0 Å². The zero-order valence-corrected chi connectivity index (χ0v) is 19.7. The minimum absolute atomic E-state index is 0. The molecule has 9 heteroatoms. The van der Waals surface area contributed by atoms with Crippen molar-refractivity contribution < 1.29 is 9.47 Å². The minimum atomic E-state index is -0.0148. The number of hydrogen-bond acceptors (Lipinski definition) is 6. The molecule has 0 saturated carbocycles. The highest BCUT2D eigenvalue weighted by atomic mass is 127. The van der Waals surface area contributed by atoms with Gasteiger partial charge in [-0.15, -0.1) is 35.3 Å². The Kier molecular flexibility index (Phi) is 9.64. The van der Waals surface area contributed by atoms with E-state index in [1.165, 1.54) is 0 Å². The van der Waals surface area contributed by atoms with Gasteiger partial charge in [0.1, 0.15) is 11.5 Å². The zero-order chi connectivity index (χ0) is 19.1. The van der Waals surface area contributed by atoms with E-state index in [-0.39, 0.29) is 30.0 Å². The lowest BCUT2D eigenvalue weighted by Crippen LogP contribution is -2.38. The summed E-state index contributed by atoms with van der Waals surface area (Å²) < 4.78 is 10.8. The van der Waals surface area contributed by atoms with Crippen molar-refractivity contribution in [2.75, 3.05) is 40.3 Å². The Morgan fingerprint density at radius 2 is 2.04 bits per heavy atom. The van der Waals surface area contributed by atoms with Crippen LogP contribution in [-0.4, -0.2) is 46.3 Å². The lowest BCUT2D eigenvalue weighted by molar-refractivity contribution is 0.394. The van der Waals surface area contributed by atoms with Gasteiger partial charge >= 0.3 is 0 Å². The van der Waals surface area contributed by atoms with Gasteiger partial charge in [-0.05, 0) is 25.1 Å². The van der Waals surface area contributed by atoms with Crippen molar-refractivity contribution in [1.29, 1.82) is 0 Å². The Bertz CT molecular complexity index is 751. The first-order chi connectivity index (χ1) is 12.5. The molecule has 0 aliphatic carbocycles. The predicted molar refractivity (Wildman–Crippen MR) is 123 cm³/mol. The first-order valence-corrected chi connectivity index (χ1v) is 9.17. The molecule has 0 fully saturated rings. The van der Waals surface area contributed by atoms with Gasteiger partial charge in [0.25, 0.3) is 0 Å². The number of halogens is 1. The van der Waals surface area contributed by atoms with Crippen molar-refractivity contribution in [2.24, 2.45) is 4.99 Å². The summed E-state index contributed by atoms with van der Waals surface area (Å²) in [5.41, 5.74) is 1.98. The second-order valence-corrected chi connectivity index (χ2v) is 6.75. The number of rotatable bonds is 7. The zero-order valence-electron chi connectivity index (χ0n) is 16.6. The van der Waals surface area contributed by atoms with Crippen LogP contribution in [0.15, 0.2) is 28.6 Å². The molecular weight excluding hydrogens is 477 g/mol. The van der Waals surface area contributed by atoms with Crippen LogP contribution in [0.5, 0.6) is 11.5 Å². The quantitative estimate of drug-likeness (QED) is 0.342. The van der Waals surface area contributed by atoms with Gasteiger partial charge in [0, 0.05) is 32.1 Å². The first-order valence-electron chi connectivity index (χ1n) is 8.29. The van der Waals surface area contributed by atoms with Gasteiger partial charge in [0.2, 0.25) is 0 Å². The molecule has 0 radical (unpaired) electrons. The summed E-state index contributed by atoms with van der Waals surface area (Å²) in [4.78, 5) is 10.9. The lowest BCUT2D eigenvalue weighted by atomic mass is 10.1. The number of anilines is 1. The van der Waals surface area contributed by atoms with Gasteiger partial charge in [-0.3, -0.25) is 4.99 Å². The summed E-state index contributed by atoms with van der Waals surface area (Å²) in [6.07, 6.45) is 0. The minimum Gasteiger partial charge on any atom is -0.497 e. The average molecular weight is 505 g/mol. The molecule has 0 amide bonds.